The molecular weight excluding hydrogens is 363 g/mol. The first-order chi connectivity index (χ1) is 11.4. The third kappa shape index (κ3) is 3.67. The Morgan fingerprint density at radius 2 is 2.00 bits per heavy atom. The van der Waals surface area contributed by atoms with Crippen molar-refractivity contribution < 1.29 is 4.42 Å². The molecule has 0 saturated heterocycles. The van der Waals surface area contributed by atoms with E-state index in [0.717, 1.165) is 21.9 Å². The van der Waals surface area contributed by atoms with Crippen LogP contribution in [0.2, 0.25) is 10.0 Å². The first kappa shape index (κ1) is 17.5. The number of benzene rings is 1. The van der Waals surface area contributed by atoms with E-state index in [1.807, 2.05) is 42.6 Å². The summed E-state index contributed by atoms with van der Waals surface area (Å²) < 4.78 is 5.79. The van der Waals surface area contributed by atoms with Crippen molar-refractivity contribution in [2.24, 2.45) is 0 Å². The van der Waals surface area contributed by atoms with Gasteiger partial charge in [0.2, 0.25) is 5.89 Å². The minimum atomic E-state index is -0.275. The highest BCUT2D eigenvalue weighted by Gasteiger charge is 2.22. The fourth-order valence-corrected chi connectivity index (χ4v) is 3.34. The summed E-state index contributed by atoms with van der Waals surface area (Å²) in [5.74, 6) is 1.50. The van der Waals surface area contributed by atoms with Gasteiger partial charge in [-0.05, 0) is 49.9 Å². The molecule has 0 atom stereocenters. The zero-order valence-electron chi connectivity index (χ0n) is 13.7. The van der Waals surface area contributed by atoms with Crippen molar-refractivity contribution in [2.75, 3.05) is 0 Å². The first-order valence-corrected chi connectivity index (χ1v) is 9.21. The number of hydrogen-bond donors (Lipinski definition) is 1. The fraction of sp³-hybridized carbons (Fsp3) is 0.278. The Balaban J connectivity index is 1.76. The maximum absolute atomic E-state index is 6.14. The number of rotatable bonds is 5. The second-order valence-electron chi connectivity index (χ2n) is 6.11. The average molecular weight is 381 g/mol. The second-order valence-corrected chi connectivity index (χ2v) is 7.87. The number of oxazole rings is 1. The maximum Gasteiger partial charge on any atom is 0.236 e. The minimum absolute atomic E-state index is 0.275. The van der Waals surface area contributed by atoms with Crippen LogP contribution in [0.25, 0.3) is 10.8 Å². The van der Waals surface area contributed by atoms with E-state index >= 15 is 0 Å². The molecule has 0 spiro atoms. The van der Waals surface area contributed by atoms with E-state index in [0.29, 0.717) is 22.5 Å². The quantitative estimate of drug-likeness (QED) is 0.585. The molecule has 0 aliphatic heterocycles. The van der Waals surface area contributed by atoms with Gasteiger partial charge in [-0.25, -0.2) is 4.98 Å². The van der Waals surface area contributed by atoms with Gasteiger partial charge in [0.1, 0.15) is 5.76 Å². The maximum atomic E-state index is 6.14. The van der Waals surface area contributed by atoms with E-state index in [2.05, 4.69) is 24.1 Å². The molecule has 1 N–H and O–H groups in total. The molecule has 0 saturated carbocycles. The number of aryl methyl sites for hydroxylation is 1. The number of hydrogen-bond acceptors (Lipinski definition) is 4. The van der Waals surface area contributed by atoms with Crippen LogP contribution in [0, 0.1) is 6.92 Å². The molecule has 0 unspecified atom stereocenters. The summed E-state index contributed by atoms with van der Waals surface area (Å²) in [5.41, 5.74) is 1.70. The monoisotopic (exact) mass is 380 g/mol. The third-order valence-electron chi connectivity index (χ3n) is 3.96. The SMILES string of the molecule is Cc1oc(-c2cccs2)nc1CNC(C)(C)c1ccc(Cl)c(Cl)c1. The molecule has 0 aliphatic carbocycles. The molecule has 126 valence electrons. The van der Waals surface area contributed by atoms with Crippen molar-refractivity contribution in [3.8, 4) is 10.8 Å². The van der Waals surface area contributed by atoms with Crippen molar-refractivity contribution in [3.63, 3.8) is 0 Å². The first-order valence-electron chi connectivity index (χ1n) is 7.57. The molecule has 6 heteroatoms. The highest BCUT2D eigenvalue weighted by molar-refractivity contribution is 7.13. The standard InChI is InChI=1S/C18H18Cl2N2OS/c1-11-15(22-17(23-11)16-5-4-8-24-16)10-21-18(2,3)12-6-7-13(19)14(20)9-12/h4-9,21H,10H2,1-3H3. The van der Waals surface area contributed by atoms with Crippen LogP contribution >= 0.6 is 34.5 Å². The lowest BCUT2D eigenvalue weighted by atomic mass is 9.94. The lowest BCUT2D eigenvalue weighted by Crippen LogP contribution is -2.36. The summed E-state index contributed by atoms with van der Waals surface area (Å²) in [5, 5.41) is 6.65. The normalized spacial score (nSPS) is 11.9. The highest BCUT2D eigenvalue weighted by Crippen LogP contribution is 2.30. The van der Waals surface area contributed by atoms with E-state index in [1.54, 1.807) is 11.3 Å². The van der Waals surface area contributed by atoms with Crippen LogP contribution < -0.4 is 5.32 Å². The Kier molecular flexibility index (Phi) is 5.02. The summed E-state index contributed by atoms with van der Waals surface area (Å²) in [6.07, 6.45) is 0. The molecule has 0 aliphatic rings. The van der Waals surface area contributed by atoms with Gasteiger partial charge >= 0.3 is 0 Å². The largest absolute Gasteiger partial charge is 0.440 e. The van der Waals surface area contributed by atoms with Gasteiger partial charge in [0.05, 0.1) is 20.6 Å². The van der Waals surface area contributed by atoms with Crippen LogP contribution in [0.3, 0.4) is 0 Å². The molecule has 0 amide bonds. The Hall–Kier alpha value is -1.33. The zero-order valence-corrected chi connectivity index (χ0v) is 16.0. The average Bonchev–Trinajstić information content (AvgIpc) is 3.17. The number of halogens is 2. The number of thiophene rings is 1. The molecule has 2 heterocycles. The summed E-state index contributed by atoms with van der Waals surface area (Å²) in [7, 11) is 0. The van der Waals surface area contributed by atoms with Gasteiger partial charge in [-0.2, -0.15) is 0 Å². The summed E-state index contributed by atoms with van der Waals surface area (Å²) in [6.45, 7) is 6.74. The molecule has 1 aromatic carbocycles. The van der Waals surface area contributed by atoms with Gasteiger partial charge < -0.3 is 9.73 Å². The number of nitrogens with zero attached hydrogens (tertiary/aromatic N) is 1. The smallest absolute Gasteiger partial charge is 0.236 e. The van der Waals surface area contributed by atoms with Crippen molar-refractivity contribution in [2.45, 2.75) is 32.9 Å². The topological polar surface area (TPSA) is 38.1 Å². The van der Waals surface area contributed by atoms with Gasteiger partial charge in [0.15, 0.2) is 0 Å². The molecule has 0 fully saturated rings. The minimum Gasteiger partial charge on any atom is -0.440 e. The van der Waals surface area contributed by atoms with Gasteiger partial charge in [-0.3, -0.25) is 0 Å². The van der Waals surface area contributed by atoms with Gasteiger partial charge in [-0.1, -0.05) is 35.3 Å². The zero-order chi connectivity index (χ0) is 17.3. The van der Waals surface area contributed by atoms with Crippen LogP contribution in [-0.4, -0.2) is 4.98 Å². The van der Waals surface area contributed by atoms with E-state index in [4.69, 9.17) is 27.6 Å². The van der Waals surface area contributed by atoms with Crippen LogP contribution in [0.4, 0.5) is 0 Å². The van der Waals surface area contributed by atoms with Crippen molar-refractivity contribution in [1.29, 1.82) is 0 Å². The molecular formula is C18H18Cl2N2OS. The molecule has 3 rings (SSSR count). The van der Waals surface area contributed by atoms with Crippen molar-refractivity contribution >= 4 is 34.5 Å². The van der Waals surface area contributed by atoms with Gasteiger partial charge in [0, 0.05) is 12.1 Å². The van der Waals surface area contributed by atoms with Crippen molar-refractivity contribution in [3.05, 3.63) is 62.8 Å². The van der Waals surface area contributed by atoms with E-state index in [1.165, 1.54) is 0 Å². The number of aromatic nitrogens is 1. The lowest BCUT2D eigenvalue weighted by Gasteiger charge is -2.27. The van der Waals surface area contributed by atoms with E-state index < -0.39 is 0 Å². The van der Waals surface area contributed by atoms with Crippen LogP contribution in [0.1, 0.15) is 30.9 Å². The Bertz CT molecular complexity index is 841. The van der Waals surface area contributed by atoms with Crippen LogP contribution in [0.15, 0.2) is 40.1 Å². The molecule has 0 radical (unpaired) electrons. The van der Waals surface area contributed by atoms with E-state index in [9.17, 15) is 0 Å². The van der Waals surface area contributed by atoms with Crippen molar-refractivity contribution in [1.82, 2.24) is 10.3 Å². The van der Waals surface area contributed by atoms with Gasteiger partial charge in [-0.15, -0.1) is 11.3 Å². The summed E-state index contributed by atoms with van der Waals surface area (Å²) in [4.78, 5) is 5.65. The molecule has 2 aromatic heterocycles. The summed E-state index contributed by atoms with van der Waals surface area (Å²) in [6, 6.07) is 9.69. The second kappa shape index (κ2) is 6.89. The molecule has 3 nitrogen and oxygen atoms in total. The Labute approximate surface area is 155 Å². The Morgan fingerprint density at radius 3 is 2.67 bits per heavy atom. The van der Waals surface area contributed by atoms with Crippen LogP contribution in [-0.2, 0) is 12.1 Å². The molecule has 0 bridgehead atoms. The van der Waals surface area contributed by atoms with E-state index in [-0.39, 0.29) is 5.54 Å². The molecule has 24 heavy (non-hydrogen) atoms. The number of nitrogens with one attached hydrogen (secondary N) is 1. The highest BCUT2D eigenvalue weighted by atomic mass is 35.5. The third-order valence-corrected chi connectivity index (χ3v) is 5.56. The lowest BCUT2D eigenvalue weighted by molar-refractivity contribution is 0.397. The molecule has 3 aromatic rings. The predicted molar refractivity (Wildman–Crippen MR) is 101 cm³/mol. The summed E-state index contributed by atoms with van der Waals surface area (Å²) >= 11 is 13.8. The fourth-order valence-electron chi connectivity index (χ4n) is 2.39. The van der Waals surface area contributed by atoms with Crippen LogP contribution in [0.5, 0.6) is 0 Å². The predicted octanol–water partition coefficient (Wildman–Crippen LogP) is 6.04. The Morgan fingerprint density at radius 1 is 1.21 bits per heavy atom. The van der Waals surface area contributed by atoms with Gasteiger partial charge in [0.25, 0.3) is 0 Å².